The lowest BCUT2D eigenvalue weighted by atomic mass is 10.1. The number of likely N-dealkylation sites (tertiary alicyclic amines) is 1. The Morgan fingerprint density at radius 1 is 1.41 bits per heavy atom. The lowest BCUT2D eigenvalue weighted by Crippen LogP contribution is -2.32. The summed E-state index contributed by atoms with van der Waals surface area (Å²) in [5, 5.41) is 0. The number of nitrogens with two attached hydrogens (primary N) is 1. The number of hydrogen-bond donors (Lipinski definition) is 1. The first-order valence-electron chi connectivity index (χ1n) is 5.81. The van der Waals surface area contributed by atoms with Crippen molar-refractivity contribution in [2.45, 2.75) is 17.9 Å². The van der Waals surface area contributed by atoms with Gasteiger partial charge in [-0.25, -0.2) is 0 Å². The smallest absolute Gasteiger partial charge is 0.255 e. The van der Waals surface area contributed by atoms with Crippen molar-refractivity contribution in [2.24, 2.45) is 11.7 Å². The zero-order valence-electron chi connectivity index (χ0n) is 10.2. The summed E-state index contributed by atoms with van der Waals surface area (Å²) in [6, 6.07) is 7.85. The van der Waals surface area contributed by atoms with Gasteiger partial charge in [-0.1, -0.05) is 19.1 Å². The Kier molecular flexibility index (Phi) is 3.74. The van der Waals surface area contributed by atoms with Crippen molar-refractivity contribution in [3.05, 3.63) is 29.8 Å². The van der Waals surface area contributed by atoms with Gasteiger partial charge in [0.05, 0.1) is 5.56 Å². The standard InChI is InChI=1S/C13H18N2OS/c1-9-7-15(8-11(9)14)13(16)10-5-3-4-6-12(10)17-2/h3-6,9,11H,7-8,14H2,1-2H3. The number of thioether (sulfide) groups is 1. The van der Waals surface area contributed by atoms with E-state index in [1.807, 2.05) is 35.4 Å². The number of carbonyl (C=O) groups excluding carboxylic acids is 1. The molecular formula is C13H18N2OS. The van der Waals surface area contributed by atoms with E-state index in [4.69, 9.17) is 5.73 Å². The molecule has 2 unspecified atom stereocenters. The van der Waals surface area contributed by atoms with Crippen LogP contribution in [0.1, 0.15) is 17.3 Å². The zero-order valence-corrected chi connectivity index (χ0v) is 11.0. The number of hydrogen-bond acceptors (Lipinski definition) is 3. The summed E-state index contributed by atoms with van der Waals surface area (Å²) >= 11 is 1.61. The molecule has 1 aromatic carbocycles. The van der Waals surface area contributed by atoms with Crippen molar-refractivity contribution < 1.29 is 4.79 Å². The second-order valence-corrected chi connectivity index (χ2v) is 5.40. The molecule has 0 bridgehead atoms. The fourth-order valence-corrected chi connectivity index (χ4v) is 2.74. The van der Waals surface area contributed by atoms with Crippen molar-refractivity contribution in [1.29, 1.82) is 0 Å². The largest absolute Gasteiger partial charge is 0.337 e. The molecule has 1 aromatic rings. The van der Waals surface area contributed by atoms with Crippen LogP contribution in [0.3, 0.4) is 0 Å². The maximum absolute atomic E-state index is 12.4. The van der Waals surface area contributed by atoms with Crippen LogP contribution in [0.15, 0.2) is 29.2 Å². The molecule has 17 heavy (non-hydrogen) atoms. The molecule has 0 saturated carbocycles. The first-order chi connectivity index (χ1) is 8.13. The van der Waals surface area contributed by atoms with Gasteiger partial charge in [-0.15, -0.1) is 11.8 Å². The summed E-state index contributed by atoms with van der Waals surface area (Å²) in [7, 11) is 0. The minimum absolute atomic E-state index is 0.106. The summed E-state index contributed by atoms with van der Waals surface area (Å²) < 4.78 is 0. The number of rotatable bonds is 2. The Hall–Kier alpha value is -1.00. The van der Waals surface area contributed by atoms with Crippen molar-refractivity contribution >= 4 is 17.7 Å². The number of amides is 1. The Bertz CT molecular complexity index is 412. The van der Waals surface area contributed by atoms with E-state index in [9.17, 15) is 4.79 Å². The first-order valence-corrected chi connectivity index (χ1v) is 7.04. The lowest BCUT2D eigenvalue weighted by Gasteiger charge is -2.17. The molecule has 1 aliphatic rings. The topological polar surface area (TPSA) is 46.3 Å². The van der Waals surface area contributed by atoms with Crippen LogP contribution in [-0.2, 0) is 0 Å². The predicted octanol–water partition coefficient (Wildman–Crippen LogP) is 1.83. The molecule has 2 rings (SSSR count). The van der Waals surface area contributed by atoms with Crippen LogP contribution in [0.5, 0.6) is 0 Å². The van der Waals surface area contributed by atoms with E-state index in [-0.39, 0.29) is 11.9 Å². The summed E-state index contributed by atoms with van der Waals surface area (Å²) in [4.78, 5) is 15.3. The quantitative estimate of drug-likeness (QED) is 0.815. The molecule has 4 heteroatoms. The van der Waals surface area contributed by atoms with E-state index in [0.29, 0.717) is 12.5 Å². The highest BCUT2D eigenvalue weighted by Crippen LogP contribution is 2.24. The molecule has 1 amide bonds. The molecule has 0 aliphatic carbocycles. The summed E-state index contributed by atoms with van der Waals surface area (Å²) in [5.74, 6) is 0.496. The summed E-state index contributed by atoms with van der Waals surface area (Å²) in [6.45, 7) is 3.53. The van der Waals surface area contributed by atoms with E-state index in [2.05, 4.69) is 6.92 Å². The molecule has 1 fully saturated rings. The highest BCUT2D eigenvalue weighted by molar-refractivity contribution is 7.98. The molecule has 1 heterocycles. The Labute approximate surface area is 106 Å². The molecule has 3 nitrogen and oxygen atoms in total. The van der Waals surface area contributed by atoms with Crippen LogP contribution in [-0.4, -0.2) is 36.2 Å². The third-order valence-electron chi connectivity index (χ3n) is 3.30. The van der Waals surface area contributed by atoms with Gasteiger partial charge in [0.15, 0.2) is 0 Å². The molecule has 1 aliphatic heterocycles. The van der Waals surface area contributed by atoms with Gasteiger partial charge in [-0.05, 0) is 24.3 Å². The van der Waals surface area contributed by atoms with Crippen molar-refractivity contribution in [3.63, 3.8) is 0 Å². The number of benzene rings is 1. The van der Waals surface area contributed by atoms with Gasteiger partial charge in [0.25, 0.3) is 5.91 Å². The van der Waals surface area contributed by atoms with Gasteiger partial charge in [0.1, 0.15) is 0 Å². The SMILES string of the molecule is CSc1ccccc1C(=O)N1CC(C)C(N)C1. The van der Waals surface area contributed by atoms with Crippen LogP contribution in [0.25, 0.3) is 0 Å². The summed E-state index contributed by atoms with van der Waals surface area (Å²) in [6.07, 6.45) is 1.99. The number of nitrogens with zero attached hydrogens (tertiary/aromatic N) is 1. The molecule has 2 N–H and O–H groups in total. The van der Waals surface area contributed by atoms with Crippen LogP contribution in [0.4, 0.5) is 0 Å². The van der Waals surface area contributed by atoms with E-state index >= 15 is 0 Å². The molecular weight excluding hydrogens is 232 g/mol. The van der Waals surface area contributed by atoms with Crippen LogP contribution in [0, 0.1) is 5.92 Å². The fourth-order valence-electron chi connectivity index (χ4n) is 2.15. The van der Waals surface area contributed by atoms with Gasteiger partial charge in [-0.2, -0.15) is 0 Å². The van der Waals surface area contributed by atoms with Crippen LogP contribution in [0.2, 0.25) is 0 Å². The average molecular weight is 250 g/mol. The fraction of sp³-hybridized carbons (Fsp3) is 0.462. The second-order valence-electron chi connectivity index (χ2n) is 4.55. The van der Waals surface area contributed by atoms with Crippen molar-refractivity contribution in [2.75, 3.05) is 19.3 Å². The maximum Gasteiger partial charge on any atom is 0.255 e. The predicted molar refractivity (Wildman–Crippen MR) is 71.3 cm³/mol. The minimum atomic E-state index is 0.106. The Morgan fingerprint density at radius 2 is 2.12 bits per heavy atom. The highest BCUT2D eigenvalue weighted by Gasteiger charge is 2.30. The van der Waals surface area contributed by atoms with E-state index < -0.39 is 0 Å². The molecule has 1 saturated heterocycles. The zero-order chi connectivity index (χ0) is 12.4. The monoisotopic (exact) mass is 250 g/mol. The van der Waals surface area contributed by atoms with Crippen molar-refractivity contribution in [1.82, 2.24) is 4.90 Å². The number of carbonyl (C=O) groups is 1. The van der Waals surface area contributed by atoms with Crippen molar-refractivity contribution in [3.8, 4) is 0 Å². The Morgan fingerprint density at radius 3 is 2.71 bits per heavy atom. The van der Waals surface area contributed by atoms with Gasteiger partial charge >= 0.3 is 0 Å². The van der Waals surface area contributed by atoms with E-state index in [0.717, 1.165) is 17.0 Å². The van der Waals surface area contributed by atoms with E-state index in [1.165, 1.54) is 0 Å². The van der Waals surface area contributed by atoms with Crippen LogP contribution < -0.4 is 5.73 Å². The van der Waals surface area contributed by atoms with Gasteiger partial charge < -0.3 is 10.6 Å². The Balaban J connectivity index is 2.20. The minimum Gasteiger partial charge on any atom is -0.337 e. The average Bonchev–Trinajstić information content (AvgIpc) is 2.68. The van der Waals surface area contributed by atoms with Gasteiger partial charge in [0.2, 0.25) is 0 Å². The van der Waals surface area contributed by atoms with Gasteiger partial charge in [-0.3, -0.25) is 4.79 Å². The molecule has 0 radical (unpaired) electrons. The van der Waals surface area contributed by atoms with E-state index in [1.54, 1.807) is 11.8 Å². The summed E-state index contributed by atoms with van der Waals surface area (Å²) in [5.41, 5.74) is 6.75. The van der Waals surface area contributed by atoms with Crippen LogP contribution >= 0.6 is 11.8 Å². The normalized spacial score (nSPS) is 24.1. The van der Waals surface area contributed by atoms with Gasteiger partial charge in [0, 0.05) is 24.0 Å². The highest BCUT2D eigenvalue weighted by atomic mass is 32.2. The lowest BCUT2D eigenvalue weighted by molar-refractivity contribution is 0.0783. The molecule has 92 valence electrons. The molecule has 0 spiro atoms. The third kappa shape index (κ3) is 2.48. The molecule has 2 atom stereocenters. The maximum atomic E-state index is 12.4. The second kappa shape index (κ2) is 5.10. The third-order valence-corrected chi connectivity index (χ3v) is 4.09. The molecule has 0 aromatic heterocycles. The first kappa shape index (κ1) is 12.5.